The Hall–Kier alpha value is -1.10. The van der Waals surface area contributed by atoms with Crippen molar-refractivity contribution in [2.24, 2.45) is 11.7 Å². The molecule has 0 aromatic rings. The highest BCUT2D eigenvalue weighted by Crippen LogP contribution is 2.19. The van der Waals surface area contributed by atoms with Crippen LogP contribution in [0, 0.1) is 5.92 Å². The van der Waals surface area contributed by atoms with Gasteiger partial charge in [0.15, 0.2) is 0 Å². The number of likely N-dealkylation sites (tertiary alicyclic amines) is 1. The van der Waals surface area contributed by atoms with Crippen molar-refractivity contribution >= 4 is 11.9 Å². The van der Waals surface area contributed by atoms with Gasteiger partial charge in [-0.25, -0.2) is 4.79 Å². The van der Waals surface area contributed by atoms with Gasteiger partial charge in [0.05, 0.1) is 0 Å². The van der Waals surface area contributed by atoms with Gasteiger partial charge in [-0.15, -0.1) is 0 Å². The summed E-state index contributed by atoms with van der Waals surface area (Å²) in [5.41, 5.74) is 5.41. The molecule has 86 valence electrons. The van der Waals surface area contributed by atoms with E-state index in [0.29, 0.717) is 13.0 Å². The lowest BCUT2D eigenvalue weighted by Gasteiger charge is -2.34. The van der Waals surface area contributed by atoms with Crippen LogP contribution in [0.25, 0.3) is 0 Å². The average Bonchev–Trinajstić information content (AvgIpc) is 2.27. The zero-order valence-corrected chi connectivity index (χ0v) is 8.98. The number of piperidine rings is 1. The second-order valence-electron chi connectivity index (χ2n) is 4.02. The summed E-state index contributed by atoms with van der Waals surface area (Å²) in [6.45, 7) is 2.54. The number of carbonyl (C=O) groups excluding carboxylic acids is 1. The summed E-state index contributed by atoms with van der Waals surface area (Å²) < 4.78 is 0. The Balaban J connectivity index is 2.71. The first-order valence-electron chi connectivity index (χ1n) is 5.31. The van der Waals surface area contributed by atoms with Crippen molar-refractivity contribution in [3.8, 4) is 0 Å². The van der Waals surface area contributed by atoms with Gasteiger partial charge in [-0.1, -0.05) is 6.92 Å². The molecule has 0 aromatic carbocycles. The Kier molecular flexibility index (Phi) is 4.08. The van der Waals surface area contributed by atoms with Gasteiger partial charge in [-0.05, 0) is 19.3 Å². The van der Waals surface area contributed by atoms with Crippen molar-refractivity contribution in [1.82, 2.24) is 4.90 Å². The first-order valence-corrected chi connectivity index (χ1v) is 5.31. The predicted octanol–water partition coefficient (Wildman–Crippen LogP) is 0.0469. The quantitative estimate of drug-likeness (QED) is 0.695. The maximum atomic E-state index is 11.8. The van der Waals surface area contributed by atoms with E-state index >= 15 is 0 Å². The fourth-order valence-electron chi connectivity index (χ4n) is 1.84. The van der Waals surface area contributed by atoms with E-state index in [0.717, 1.165) is 12.8 Å². The van der Waals surface area contributed by atoms with E-state index in [1.165, 1.54) is 4.90 Å². The molecule has 3 N–H and O–H groups in total. The molecule has 1 saturated heterocycles. The molecule has 0 radical (unpaired) electrons. The molecule has 1 heterocycles. The predicted molar refractivity (Wildman–Crippen MR) is 55.2 cm³/mol. The van der Waals surface area contributed by atoms with E-state index in [1.807, 2.05) is 0 Å². The minimum atomic E-state index is -0.910. The van der Waals surface area contributed by atoms with Gasteiger partial charge in [0.25, 0.3) is 0 Å². The normalized spacial score (nSPS) is 23.6. The summed E-state index contributed by atoms with van der Waals surface area (Å²) in [7, 11) is 0. The van der Waals surface area contributed by atoms with Crippen LogP contribution in [0.4, 0.5) is 0 Å². The van der Waals surface area contributed by atoms with Gasteiger partial charge in [-0.3, -0.25) is 4.79 Å². The fraction of sp³-hybridized carbons (Fsp3) is 0.800. The summed E-state index contributed by atoms with van der Waals surface area (Å²) >= 11 is 0. The molecule has 15 heavy (non-hydrogen) atoms. The molecular weight excluding hydrogens is 196 g/mol. The molecule has 0 aromatic heterocycles. The number of hydrogen-bond donors (Lipinski definition) is 2. The van der Waals surface area contributed by atoms with Crippen LogP contribution >= 0.6 is 0 Å². The number of hydrogen-bond acceptors (Lipinski definition) is 3. The van der Waals surface area contributed by atoms with Gasteiger partial charge in [0, 0.05) is 19.0 Å². The Labute approximate surface area is 89.2 Å². The molecule has 2 atom stereocenters. The number of amides is 1. The minimum Gasteiger partial charge on any atom is -0.480 e. The lowest BCUT2D eigenvalue weighted by molar-refractivity contribution is -0.153. The maximum absolute atomic E-state index is 11.8. The Morgan fingerprint density at radius 3 is 2.73 bits per heavy atom. The van der Waals surface area contributed by atoms with E-state index < -0.39 is 12.0 Å². The van der Waals surface area contributed by atoms with Gasteiger partial charge >= 0.3 is 5.97 Å². The Bertz CT molecular complexity index is 255. The molecule has 1 fully saturated rings. The third-order valence-corrected chi connectivity index (χ3v) is 2.85. The maximum Gasteiger partial charge on any atom is 0.326 e. The topological polar surface area (TPSA) is 83.6 Å². The third kappa shape index (κ3) is 2.68. The van der Waals surface area contributed by atoms with E-state index in [2.05, 4.69) is 0 Å². The molecule has 1 aliphatic heterocycles. The monoisotopic (exact) mass is 214 g/mol. The Morgan fingerprint density at radius 2 is 2.20 bits per heavy atom. The molecule has 1 aliphatic rings. The smallest absolute Gasteiger partial charge is 0.326 e. The fourth-order valence-corrected chi connectivity index (χ4v) is 1.84. The molecule has 0 aliphatic carbocycles. The summed E-state index contributed by atoms with van der Waals surface area (Å²) in [5.74, 6) is -1.33. The average molecular weight is 214 g/mol. The van der Waals surface area contributed by atoms with Gasteiger partial charge < -0.3 is 15.7 Å². The first kappa shape index (κ1) is 12.0. The molecule has 5 nitrogen and oxygen atoms in total. The summed E-state index contributed by atoms with van der Waals surface area (Å²) in [5, 5.41) is 8.99. The van der Waals surface area contributed by atoms with Crippen LogP contribution in [0.5, 0.6) is 0 Å². The standard InChI is InChI=1S/C10H18N2O3/c1-7(6-11)9(13)12-5-3-2-4-8(12)10(14)15/h7-8H,2-6,11H2,1H3,(H,14,15)/t7?,8-/m1/s1. The number of carbonyl (C=O) groups is 2. The number of nitrogens with zero attached hydrogens (tertiary/aromatic N) is 1. The van der Waals surface area contributed by atoms with Crippen LogP contribution in [-0.4, -0.2) is 41.0 Å². The molecule has 0 saturated carbocycles. The highest BCUT2D eigenvalue weighted by atomic mass is 16.4. The summed E-state index contributed by atoms with van der Waals surface area (Å²) in [4.78, 5) is 24.2. The van der Waals surface area contributed by atoms with E-state index in [9.17, 15) is 9.59 Å². The largest absolute Gasteiger partial charge is 0.480 e. The number of carboxylic acid groups (broad SMARTS) is 1. The third-order valence-electron chi connectivity index (χ3n) is 2.85. The van der Waals surface area contributed by atoms with Crippen LogP contribution < -0.4 is 5.73 Å². The zero-order chi connectivity index (χ0) is 11.4. The van der Waals surface area contributed by atoms with Crippen molar-refractivity contribution in [3.63, 3.8) is 0 Å². The molecule has 0 spiro atoms. The molecule has 1 amide bonds. The zero-order valence-electron chi connectivity index (χ0n) is 8.98. The van der Waals surface area contributed by atoms with Crippen molar-refractivity contribution in [2.45, 2.75) is 32.2 Å². The van der Waals surface area contributed by atoms with E-state index in [-0.39, 0.29) is 18.4 Å². The molecule has 1 unspecified atom stereocenters. The van der Waals surface area contributed by atoms with Crippen LogP contribution in [-0.2, 0) is 9.59 Å². The van der Waals surface area contributed by atoms with Gasteiger partial charge in [0.1, 0.15) is 6.04 Å². The van der Waals surface area contributed by atoms with E-state index in [4.69, 9.17) is 10.8 Å². The molecule has 0 bridgehead atoms. The molecule has 5 heteroatoms. The van der Waals surface area contributed by atoms with E-state index in [1.54, 1.807) is 6.92 Å². The number of rotatable bonds is 3. The molecule has 1 rings (SSSR count). The van der Waals surface area contributed by atoms with Crippen molar-refractivity contribution in [2.75, 3.05) is 13.1 Å². The second kappa shape index (κ2) is 5.11. The number of carboxylic acids is 1. The van der Waals surface area contributed by atoms with Gasteiger partial charge in [0.2, 0.25) is 5.91 Å². The molecular formula is C10H18N2O3. The van der Waals surface area contributed by atoms with Crippen molar-refractivity contribution in [1.29, 1.82) is 0 Å². The highest BCUT2D eigenvalue weighted by Gasteiger charge is 2.33. The van der Waals surface area contributed by atoms with Crippen LogP contribution in [0.2, 0.25) is 0 Å². The SMILES string of the molecule is CC(CN)C(=O)N1CCCC[C@@H]1C(=O)O. The first-order chi connectivity index (χ1) is 7.07. The highest BCUT2D eigenvalue weighted by molar-refractivity contribution is 5.85. The van der Waals surface area contributed by atoms with Crippen LogP contribution in [0.3, 0.4) is 0 Å². The summed E-state index contributed by atoms with van der Waals surface area (Å²) in [6, 6.07) is -0.653. The second-order valence-corrected chi connectivity index (χ2v) is 4.02. The van der Waals surface area contributed by atoms with Crippen LogP contribution in [0.1, 0.15) is 26.2 Å². The summed E-state index contributed by atoms with van der Waals surface area (Å²) in [6.07, 6.45) is 2.31. The lowest BCUT2D eigenvalue weighted by atomic mass is 10.00. The minimum absolute atomic E-state index is 0.135. The Morgan fingerprint density at radius 1 is 1.53 bits per heavy atom. The van der Waals surface area contributed by atoms with Crippen molar-refractivity contribution in [3.05, 3.63) is 0 Å². The van der Waals surface area contributed by atoms with Gasteiger partial charge in [-0.2, -0.15) is 0 Å². The lowest BCUT2D eigenvalue weighted by Crippen LogP contribution is -2.50. The van der Waals surface area contributed by atoms with Crippen molar-refractivity contribution < 1.29 is 14.7 Å². The number of nitrogens with two attached hydrogens (primary N) is 1. The number of aliphatic carboxylic acids is 1. The van der Waals surface area contributed by atoms with Crippen LogP contribution in [0.15, 0.2) is 0 Å².